The van der Waals surface area contributed by atoms with Gasteiger partial charge in [-0.25, -0.2) is 0 Å². The molecule has 2 aromatic rings. The summed E-state index contributed by atoms with van der Waals surface area (Å²) >= 11 is 5.81. The molecule has 7 heteroatoms. The van der Waals surface area contributed by atoms with Crippen molar-refractivity contribution in [3.63, 3.8) is 0 Å². The molecule has 1 aromatic carbocycles. The van der Waals surface area contributed by atoms with Crippen LogP contribution in [-0.4, -0.2) is 15.1 Å². The van der Waals surface area contributed by atoms with Crippen LogP contribution in [0.3, 0.4) is 0 Å². The van der Waals surface area contributed by atoms with Crippen LogP contribution in [0, 0.1) is 17.0 Å². The number of rotatable bonds is 3. The number of hydrogen-bond donors (Lipinski definition) is 0. The van der Waals surface area contributed by atoms with Crippen LogP contribution in [0.1, 0.15) is 23.8 Å². The van der Waals surface area contributed by atoms with Gasteiger partial charge < -0.3 is 4.42 Å². The predicted octanol–water partition coefficient (Wildman–Crippen LogP) is 3.25. The SMILES string of the molecule is Cc1ccc([N+](=O)[O-])c(-c2nnc(C(C)Cl)o2)c1. The van der Waals surface area contributed by atoms with Crippen molar-refractivity contribution in [2.24, 2.45) is 0 Å². The van der Waals surface area contributed by atoms with Gasteiger partial charge in [0.05, 0.1) is 4.92 Å². The third-order valence-electron chi connectivity index (χ3n) is 2.36. The van der Waals surface area contributed by atoms with E-state index in [1.807, 2.05) is 6.92 Å². The maximum atomic E-state index is 10.9. The molecule has 0 saturated heterocycles. The summed E-state index contributed by atoms with van der Waals surface area (Å²) in [6.07, 6.45) is 0. The molecule has 0 aliphatic carbocycles. The molecule has 0 amide bonds. The van der Waals surface area contributed by atoms with Gasteiger partial charge in [0.25, 0.3) is 11.6 Å². The Morgan fingerprint density at radius 2 is 2.17 bits per heavy atom. The maximum Gasteiger partial charge on any atom is 0.282 e. The molecule has 0 bridgehead atoms. The summed E-state index contributed by atoms with van der Waals surface area (Å²) in [5.41, 5.74) is 1.10. The molecule has 94 valence electrons. The molecule has 0 saturated carbocycles. The minimum Gasteiger partial charge on any atom is -0.419 e. The fourth-order valence-electron chi connectivity index (χ4n) is 1.48. The number of alkyl halides is 1. The van der Waals surface area contributed by atoms with Gasteiger partial charge in [-0.3, -0.25) is 10.1 Å². The van der Waals surface area contributed by atoms with E-state index in [0.29, 0.717) is 5.56 Å². The first-order valence-corrected chi connectivity index (χ1v) is 5.65. The zero-order valence-corrected chi connectivity index (χ0v) is 10.5. The van der Waals surface area contributed by atoms with Gasteiger partial charge in [-0.1, -0.05) is 6.07 Å². The van der Waals surface area contributed by atoms with Crippen LogP contribution in [0.25, 0.3) is 11.5 Å². The predicted molar refractivity (Wildman–Crippen MR) is 65.4 cm³/mol. The first-order valence-electron chi connectivity index (χ1n) is 5.22. The number of halogens is 1. The Balaban J connectivity index is 2.54. The number of benzene rings is 1. The molecule has 18 heavy (non-hydrogen) atoms. The Morgan fingerprint density at radius 3 is 2.72 bits per heavy atom. The lowest BCUT2D eigenvalue weighted by Crippen LogP contribution is -1.92. The summed E-state index contributed by atoms with van der Waals surface area (Å²) < 4.78 is 5.32. The van der Waals surface area contributed by atoms with E-state index >= 15 is 0 Å². The Kier molecular flexibility index (Phi) is 3.29. The van der Waals surface area contributed by atoms with Crippen LogP contribution in [0.15, 0.2) is 22.6 Å². The Labute approximate surface area is 108 Å². The van der Waals surface area contributed by atoms with Crippen molar-refractivity contribution in [2.45, 2.75) is 19.2 Å². The average molecular weight is 268 g/mol. The smallest absolute Gasteiger partial charge is 0.282 e. The van der Waals surface area contributed by atoms with Gasteiger partial charge >= 0.3 is 0 Å². The van der Waals surface area contributed by atoms with Gasteiger partial charge in [-0.2, -0.15) is 0 Å². The van der Waals surface area contributed by atoms with E-state index < -0.39 is 10.3 Å². The van der Waals surface area contributed by atoms with E-state index in [-0.39, 0.29) is 17.5 Å². The molecule has 1 unspecified atom stereocenters. The quantitative estimate of drug-likeness (QED) is 0.484. The van der Waals surface area contributed by atoms with Crippen LogP contribution in [0.4, 0.5) is 5.69 Å². The van der Waals surface area contributed by atoms with Gasteiger partial charge in [0.1, 0.15) is 10.9 Å². The van der Waals surface area contributed by atoms with Gasteiger partial charge in [0.15, 0.2) is 0 Å². The first kappa shape index (κ1) is 12.5. The van der Waals surface area contributed by atoms with Crippen molar-refractivity contribution < 1.29 is 9.34 Å². The number of nitrogens with zero attached hydrogens (tertiary/aromatic N) is 3. The van der Waals surface area contributed by atoms with Crippen LogP contribution in [-0.2, 0) is 0 Å². The average Bonchev–Trinajstić information content (AvgIpc) is 2.77. The number of aryl methyl sites for hydroxylation is 1. The third-order valence-corrected chi connectivity index (χ3v) is 2.55. The van der Waals surface area contributed by atoms with E-state index in [1.165, 1.54) is 6.07 Å². The fraction of sp³-hybridized carbons (Fsp3) is 0.273. The highest BCUT2D eigenvalue weighted by atomic mass is 35.5. The summed E-state index contributed by atoms with van der Waals surface area (Å²) in [6, 6.07) is 4.70. The van der Waals surface area contributed by atoms with Crippen LogP contribution in [0.2, 0.25) is 0 Å². The molecule has 2 rings (SSSR count). The monoisotopic (exact) mass is 267 g/mol. The molecular weight excluding hydrogens is 258 g/mol. The Bertz CT molecular complexity index is 595. The van der Waals surface area contributed by atoms with Crippen molar-refractivity contribution in [2.75, 3.05) is 0 Å². The minimum absolute atomic E-state index is 0.0713. The standard InChI is InChI=1S/C11H10ClN3O3/c1-6-3-4-9(15(16)17)8(5-6)11-14-13-10(18-11)7(2)12/h3-5,7H,1-2H3. The molecule has 0 spiro atoms. The second kappa shape index (κ2) is 4.73. The lowest BCUT2D eigenvalue weighted by Gasteiger charge is -1.99. The van der Waals surface area contributed by atoms with Crippen LogP contribution < -0.4 is 0 Å². The molecule has 0 fully saturated rings. The number of nitro groups is 1. The molecule has 0 aliphatic rings. The molecular formula is C11H10ClN3O3. The number of aromatic nitrogens is 2. The highest BCUT2D eigenvalue weighted by Gasteiger charge is 2.21. The molecule has 1 aromatic heterocycles. The number of nitro benzene ring substituents is 1. The summed E-state index contributed by atoms with van der Waals surface area (Å²) in [7, 11) is 0. The molecule has 0 radical (unpaired) electrons. The van der Waals surface area contributed by atoms with E-state index in [0.717, 1.165) is 5.56 Å². The molecule has 0 aliphatic heterocycles. The maximum absolute atomic E-state index is 10.9. The van der Waals surface area contributed by atoms with Crippen molar-refractivity contribution >= 4 is 17.3 Å². The second-order valence-corrected chi connectivity index (χ2v) is 4.49. The summed E-state index contributed by atoms with van der Waals surface area (Å²) in [4.78, 5) is 10.5. The van der Waals surface area contributed by atoms with Crippen molar-refractivity contribution in [3.05, 3.63) is 39.8 Å². The van der Waals surface area contributed by atoms with Crippen molar-refractivity contribution in [1.82, 2.24) is 10.2 Å². The molecule has 0 N–H and O–H groups in total. The van der Waals surface area contributed by atoms with Crippen molar-refractivity contribution in [3.8, 4) is 11.5 Å². The van der Waals surface area contributed by atoms with Gasteiger partial charge in [-0.05, 0) is 25.5 Å². The zero-order valence-electron chi connectivity index (χ0n) is 9.75. The summed E-state index contributed by atoms with van der Waals surface area (Å²) in [5.74, 6) is 0.343. The first-order chi connectivity index (χ1) is 8.49. The lowest BCUT2D eigenvalue weighted by atomic mass is 10.1. The molecule has 1 atom stereocenters. The Morgan fingerprint density at radius 1 is 1.44 bits per heavy atom. The number of hydrogen-bond acceptors (Lipinski definition) is 5. The molecule has 6 nitrogen and oxygen atoms in total. The van der Waals surface area contributed by atoms with Gasteiger partial charge in [0.2, 0.25) is 5.89 Å². The largest absolute Gasteiger partial charge is 0.419 e. The van der Waals surface area contributed by atoms with Crippen LogP contribution in [0.5, 0.6) is 0 Å². The zero-order chi connectivity index (χ0) is 13.3. The highest BCUT2D eigenvalue weighted by molar-refractivity contribution is 6.20. The minimum atomic E-state index is -0.483. The van der Waals surface area contributed by atoms with Gasteiger partial charge in [-0.15, -0.1) is 21.8 Å². The van der Waals surface area contributed by atoms with Crippen LogP contribution >= 0.6 is 11.6 Å². The summed E-state index contributed by atoms with van der Waals surface area (Å²) in [5, 5.41) is 18.0. The lowest BCUT2D eigenvalue weighted by molar-refractivity contribution is -0.384. The van der Waals surface area contributed by atoms with Gasteiger partial charge in [0, 0.05) is 6.07 Å². The van der Waals surface area contributed by atoms with Crippen molar-refractivity contribution in [1.29, 1.82) is 0 Å². The second-order valence-electron chi connectivity index (χ2n) is 3.84. The van der Waals surface area contributed by atoms with E-state index in [1.54, 1.807) is 19.1 Å². The highest BCUT2D eigenvalue weighted by Crippen LogP contribution is 2.31. The fourth-order valence-corrected chi connectivity index (χ4v) is 1.57. The topological polar surface area (TPSA) is 82.1 Å². The van der Waals surface area contributed by atoms with E-state index in [2.05, 4.69) is 10.2 Å². The summed E-state index contributed by atoms with van der Waals surface area (Å²) in [6.45, 7) is 3.51. The third kappa shape index (κ3) is 2.33. The Hall–Kier alpha value is -1.95. The van der Waals surface area contributed by atoms with E-state index in [4.69, 9.17) is 16.0 Å². The van der Waals surface area contributed by atoms with E-state index in [9.17, 15) is 10.1 Å². The normalized spacial score (nSPS) is 12.4. The molecule has 1 heterocycles.